The lowest BCUT2D eigenvalue weighted by Gasteiger charge is -2.04. The molecular formula is C17H15N5OS. The maximum Gasteiger partial charge on any atom is 0.214 e. The van der Waals surface area contributed by atoms with Gasteiger partial charge >= 0.3 is 0 Å². The van der Waals surface area contributed by atoms with E-state index in [1.165, 1.54) is 11.3 Å². The summed E-state index contributed by atoms with van der Waals surface area (Å²) in [5.74, 6) is 0.854. The summed E-state index contributed by atoms with van der Waals surface area (Å²) in [5.41, 5.74) is 3.10. The minimum Gasteiger partial charge on any atom is -0.497 e. The third-order valence-electron chi connectivity index (χ3n) is 3.65. The fourth-order valence-electron chi connectivity index (χ4n) is 2.40. The Hall–Kier alpha value is -2.93. The summed E-state index contributed by atoms with van der Waals surface area (Å²) in [6, 6.07) is 11.9. The molecule has 0 bridgehead atoms. The lowest BCUT2D eigenvalue weighted by Crippen LogP contribution is -2.00. The molecule has 0 aliphatic heterocycles. The molecule has 24 heavy (non-hydrogen) atoms. The van der Waals surface area contributed by atoms with Gasteiger partial charge in [-0.05, 0) is 29.8 Å². The number of imidazole rings is 1. The topological polar surface area (TPSA) is 64.3 Å². The van der Waals surface area contributed by atoms with E-state index in [2.05, 4.69) is 20.4 Å². The fourth-order valence-corrected chi connectivity index (χ4v) is 3.17. The van der Waals surface area contributed by atoms with Crippen molar-refractivity contribution in [3.05, 3.63) is 60.6 Å². The number of benzene rings is 1. The average molecular weight is 337 g/mol. The summed E-state index contributed by atoms with van der Waals surface area (Å²) in [6.07, 6.45) is 5.39. The lowest BCUT2D eigenvalue weighted by atomic mass is 10.2. The zero-order valence-electron chi connectivity index (χ0n) is 13.0. The van der Waals surface area contributed by atoms with E-state index in [0.29, 0.717) is 6.54 Å². The Morgan fingerprint density at radius 1 is 1.17 bits per heavy atom. The number of nitrogens with zero attached hydrogens (tertiary/aromatic N) is 4. The van der Waals surface area contributed by atoms with E-state index >= 15 is 0 Å². The molecule has 3 aromatic heterocycles. The Kier molecular flexibility index (Phi) is 3.84. The molecule has 3 heterocycles. The van der Waals surface area contributed by atoms with Crippen LogP contribution in [0.25, 0.3) is 16.2 Å². The highest BCUT2D eigenvalue weighted by molar-refractivity contribution is 7.20. The smallest absolute Gasteiger partial charge is 0.214 e. The van der Waals surface area contributed by atoms with Crippen LogP contribution in [0.2, 0.25) is 0 Å². The second-order valence-corrected chi connectivity index (χ2v) is 6.14. The van der Waals surface area contributed by atoms with E-state index < -0.39 is 0 Å². The van der Waals surface area contributed by atoms with Crippen LogP contribution in [0.3, 0.4) is 0 Å². The van der Waals surface area contributed by atoms with Crippen molar-refractivity contribution < 1.29 is 4.74 Å². The minimum absolute atomic E-state index is 0.697. The van der Waals surface area contributed by atoms with Gasteiger partial charge in [0.1, 0.15) is 5.75 Å². The molecule has 0 aliphatic carbocycles. The van der Waals surface area contributed by atoms with Gasteiger partial charge in [0.25, 0.3) is 0 Å². The summed E-state index contributed by atoms with van der Waals surface area (Å²) in [6.45, 7) is 0.697. The van der Waals surface area contributed by atoms with Crippen molar-refractivity contribution in [3.8, 4) is 17.0 Å². The molecule has 0 saturated heterocycles. The highest BCUT2D eigenvalue weighted by Crippen LogP contribution is 2.25. The monoisotopic (exact) mass is 337 g/mol. The van der Waals surface area contributed by atoms with Crippen molar-refractivity contribution in [3.63, 3.8) is 0 Å². The first-order valence-electron chi connectivity index (χ1n) is 7.45. The van der Waals surface area contributed by atoms with Crippen LogP contribution in [-0.2, 0) is 6.54 Å². The number of hydrogen-bond donors (Lipinski definition) is 1. The van der Waals surface area contributed by atoms with E-state index in [1.807, 2.05) is 53.3 Å². The molecule has 0 unspecified atom stereocenters. The largest absolute Gasteiger partial charge is 0.497 e. The first kappa shape index (κ1) is 14.6. The molecule has 0 amide bonds. The summed E-state index contributed by atoms with van der Waals surface area (Å²) in [7, 11) is 1.67. The van der Waals surface area contributed by atoms with E-state index in [9.17, 15) is 0 Å². The number of hydrogen-bond acceptors (Lipinski definition) is 6. The molecule has 7 heteroatoms. The number of rotatable bonds is 5. The predicted molar refractivity (Wildman–Crippen MR) is 94.4 cm³/mol. The molecule has 6 nitrogen and oxygen atoms in total. The average Bonchev–Trinajstić information content (AvgIpc) is 3.21. The van der Waals surface area contributed by atoms with Gasteiger partial charge in [-0.25, -0.2) is 9.50 Å². The lowest BCUT2D eigenvalue weighted by molar-refractivity contribution is 0.414. The zero-order chi connectivity index (χ0) is 16.4. The number of pyridine rings is 1. The second-order valence-electron chi connectivity index (χ2n) is 5.19. The van der Waals surface area contributed by atoms with Gasteiger partial charge in [0.15, 0.2) is 0 Å². The van der Waals surface area contributed by atoms with Gasteiger partial charge in [0.2, 0.25) is 10.1 Å². The van der Waals surface area contributed by atoms with Crippen LogP contribution in [0, 0.1) is 0 Å². The van der Waals surface area contributed by atoms with Gasteiger partial charge in [0, 0.05) is 24.5 Å². The normalized spacial score (nSPS) is 10.9. The molecular weight excluding hydrogens is 322 g/mol. The zero-order valence-corrected chi connectivity index (χ0v) is 13.8. The Balaban J connectivity index is 1.54. The van der Waals surface area contributed by atoms with Crippen molar-refractivity contribution in [2.45, 2.75) is 6.54 Å². The third-order valence-corrected chi connectivity index (χ3v) is 4.53. The van der Waals surface area contributed by atoms with E-state index in [-0.39, 0.29) is 0 Å². The Morgan fingerprint density at radius 3 is 2.79 bits per heavy atom. The summed E-state index contributed by atoms with van der Waals surface area (Å²) >= 11 is 1.52. The molecule has 0 saturated carbocycles. The van der Waals surface area contributed by atoms with Crippen molar-refractivity contribution in [2.24, 2.45) is 0 Å². The summed E-state index contributed by atoms with van der Waals surface area (Å²) < 4.78 is 7.01. The first-order valence-corrected chi connectivity index (χ1v) is 8.27. The molecule has 1 aromatic carbocycles. The highest BCUT2D eigenvalue weighted by Gasteiger charge is 2.11. The van der Waals surface area contributed by atoms with Crippen LogP contribution in [0.1, 0.15) is 5.56 Å². The molecule has 120 valence electrons. The van der Waals surface area contributed by atoms with Gasteiger partial charge in [-0.15, -0.1) is 5.10 Å². The maximum absolute atomic E-state index is 5.17. The fraction of sp³-hybridized carbons (Fsp3) is 0.118. The van der Waals surface area contributed by atoms with Crippen molar-refractivity contribution in [1.82, 2.24) is 19.6 Å². The van der Waals surface area contributed by atoms with Crippen molar-refractivity contribution in [2.75, 3.05) is 12.4 Å². The maximum atomic E-state index is 5.17. The van der Waals surface area contributed by atoms with Crippen LogP contribution in [0.15, 0.2) is 55.0 Å². The molecule has 0 fully saturated rings. The van der Waals surface area contributed by atoms with Crippen molar-refractivity contribution in [1.29, 1.82) is 0 Å². The van der Waals surface area contributed by atoms with Crippen LogP contribution in [-0.4, -0.2) is 26.7 Å². The number of anilines is 1. The number of fused-ring (bicyclic) bond motifs is 1. The summed E-state index contributed by atoms with van der Waals surface area (Å²) in [5, 5.41) is 8.78. The molecule has 0 atom stereocenters. The van der Waals surface area contributed by atoms with Crippen LogP contribution in [0.5, 0.6) is 5.75 Å². The number of methoxy groups -OCH3 is 1. The molecule has 4 aromatic rings. The van der Waals surface area contributed by atoms with Crippen molar-refractivity contribution >= 4 is 21.4 Å². The van der Waals surface area contributed by atoms with Gasteiger partial charge in [-0.2, -0.15) is 0 Å². The van der Waals surface area contributed by atoms with Gasteiger partial charge in [-0.3, -0.25) is 4.98 Å². The van der Waals surface area contributed by atoms with E-state index in [4.69, 9.17) is 4.74 Å². The summed E-state index contributed by atoms with van der Waals surface area (Å²) in [4.78, 5) is 9.43. The Labute approximate surface area is 142 Å². The van der Waals surface area contributed by atoms with Gasteiger partial charge in [0.05, 0.1) is 19.0 Å². The van der Waals surface area contributed by atoms with Gasteiger partial charge in [-0.1, -0.05) is 23.5 Å². The van der Waals surface area contributed by atoms with E-state index in [1.54, 1.807) is 13.3 Å². The minimum atomic E-state index is 0.697. The number of nitrogens with one attached hydrogen (secondary N) is 1. The molecule has 0 aliphatic rings. The molecule has 1 N–H and O–H groups in total. The quantitative estimate of drug-likeness (QED) is 0.604. The molecule has 0 spiro atoms. The van der Waals surface area contributed by atoms with Gasteiger partial charge < -0.3 is 10.1 Å². The molecule has 0 radical (unpaired) electrons. The highest BCUT2D eigenvalue weighted by atomic mass is 32.1. The SMILES string of the molecule is COc1ccc(CNc2nn3c(-c4cccnc4)cnc3s2)cc1. The molecule has 4 rings (SSSR count). The van der Waals surface area contributed by atoms with E-state index in [0.717, 1.165) is 32.7 Å². The standard InChI is InChI=1S/C17H15N5OS/c1-23-14-6-4-12(5-7-14)9-19-16-21-22-15(11-20-17(22)24-16)13-3-2-8-18-10-13/h2-8,10-11H,9H2,1H3,(H,19,21). The predicted octanol–water partition coefficient (Wildman–Crippen LogP) is 3.47. The van der Waals surface area contributed by atoms with Crippen LogP contribution < -0.4 is 10.1 Å². The second kappa shape index (κ2) is 6.29. The van der Waals surface area contributed by atoms with Crippen LogP contribution in [0.4, 0.5) is 5.13 Å². The van der Waals surface area contributed by atoms with Crippen LogP contribution >= 0.6 is 11.3 Å². The Bertz CT molecular complexity index is 946. The Morgan fingerprint density at radius 2 is 2.04 bits per heavy atom. The number of ether oxygens (including phenoxy) is 1. The third kappa shape index (κ3) is 2.81. The first-order chi connectivity index (χ1) is 11.8. The number of aromatic nitrogens is 4.